The standard InChI is InChI=1S/C19H26ClFN2O2/c1-19(2,3)18(25)22-11-5-8-17(24)23(13-9-10-13)12-14-15(20)6-4-7-16(14)21/h4,6-7,13H,5,8-12H2,1-3H3,(H,22,25). The van der Waals surface area contributed by atoms with Crippen LogP contribution in [0.5, 0.6) is 0 Å². The van der Waals surface area contributed by atoms with Crippen LogP contribution in [0.25, 0.3) is 0 Å². The van der Waals surface area contributed by atoms with Crippen LogP contribution in [-0.4, -0.2) is 29.3 Å². The van der Waals surface area contributed by atoms with Crippen molar-refractivity contribution in [1.82, 2.24) is 10.2 Å². The number of nitrogens with zero attached hydrogens (tertiary/aromatic N) is 1. The summed E-state index contributed by atoms with van der Waals surface area (Å²) in [5.41, 5.74) is -0.0727. The van der Waals surface area contributed by atoms with Crippen molar-refractivity contribution < 1.29 is 14.0 Å². The number of rotatable bonds is 7. The number of halogens is 2. The Hall–Kier alpha value is -1.62. The summed E-state index contributed by atoms with van der Waals surface area (Å²) >= 11 is 6.08. The van der Waals surface area contributed by atoms with E-state index in [2.05, 4.69) is 5.32 Å². The maximum absolute atomic E-state index is 14.0. The molecule has 0 heterocycles. The summed E-state index contributed by atoms with van der Waals surface area (Å²) in [6.45, 7) is 6.20. The number of hydrogen-bond acceptors (Lipinski definition) is 2. The Morgan fingerprint density at radius 2 is 2.00 bits per heavy atom. The molecule has 0 radical (unpaired) electrons. The van der Waals surface area contributed by atoms with Gasteiger partial charge in [0, 0.05) is 35.0 Å². The zero-order valence-electron chi connectivity index (χ0n) is 15.1. The van der Waals surface area contributed by atoms with Gasteiger partial charge in [0.1, 0.15) is 5.82 Å². The van der Waals surface area contributed by atoms with Crippen molar-refractivity contribution in [2.45, 2.75) is 59.0 Å². The van der Waals surface area contributed by atoms with Crippen LogP contribution in [0.4, 0.5) is 4.39 Å². The molecular weight excluding hydrogens is 343 g/mol. The molecule has 4 nitrogen and oxygen atoms in total. The van der Waals surface area contributed by atoms with Crippen LogP contribution in [0, 0.1) is 11.2 Å². The van der Waals surface area contributed by atoms with Crippen molar-refractivity contribution in [2.75, 3.05) is 6.54 Å². The second-order valence-corrected chi connectivity index (χ2v) is 7.97. The van der Waals surface area contributed by atoms with Crippen molar-refractivity contribution in [2.24, 2.45) is 5.41 Å². The SMILES string of the molecule is CC(C)(C)C(=O)NCCCC(=O)N(Cc1c(F)cccc1Cl)C1CC1. The molecule has 0 atom stereocenters. The third-order valence-electron chi connectivity index (χ3n) is 4.23. The highest BCUT2D eigenvalue weighted by Gasteiger charge is 2.33. The molecule has 1 N–H and O–H groups in total. The lowest BCUT2D eigenvalue weighted by Gasteiger charge is -2.24. The van der Waals surface area contributed by atoms with E-state index in [4.69, 9.17) is 11.6 Å². The fourth-order valence-electron chi connectivity index (χ4n) is 2.51. The number of benzene rings is 1. The van der Waals surface area contributed by atoms with E-state index in [0.717, 1.165) is 12.8 Å². The summed E-state index contributed by atoms with van der Waals surface area (Å²) in [5, 5.41) is 3.18. The summed E-state index contributed by atoms with van der Waals surface area (Å²) in [6, 6.07) is 4.73. The van der Waals surface area contributed by atoms with Crippen LogP contribution in [0.3, 0.4) is 0 Å². The number of carbonyl (C=O) groups is 2. The van der Waals surface area contributed by atoms with Gasteiger partial charge in [-0.05, 0) is 31.4 Å². The van der Waals surface area contributed by atoms with Crippen LogP contribution in [0.1, 0.15) is 52.0 Å². The van der Waals surface area contributed by atoms with E-state index >= 15 is 0 Å². The second-order valence-electron chi connectivity index (χ2n) is 7.56. The zero-order valence-corrected chi connectivity index (χ0v) is 15.8. The predicted molar refractivity (Wildman–Crippen MR) is 96.7 cm³/mol. The molecule has 2 amide bonds. The first-order valence-electron chi connectivity index (χ1n) is 8.71. The first-order valence-corrected chi connectivity index (χ1v) is 9.08. The van der Waals surface area contributed by atoms with E-state index in [1.54, 1.807) is 17.0 Å². The molecule has 0 saturated heterocycles. The van der Waals surface area contributed by atoms with Crippen molar-refractivity contribution in [1.29, 1.82) is 0 Å². The Kier molecular flexibility index (Phi) is 6.44. The first-order chi connectivity index (χ1) is 11.7. The third kappa shape index (κ3) is 5.70. The van der Waals surface area contributed by atoms with Gasteiger partial charge in [0.2, 0.25) is 11.8 Å². The van der Waals surface area contributed by atoms with Crippen molar-refractivity contribution in [3.8, 4) is 0 Å². The first kappa shape index (κ1) is 19.7. The van der Waals surface area contributed by atoms with Crippen LogP contribution < -0.4 is 5.32 Å². The fourth-order valence-corrected chi connectivity index (χ4v) is 2.73. The van der Waals surface area contributed by atoms with Crippen molar-refractivity contribution in [3.05, 3.63) is 34.6 Å². The van der Waals surface area contributed by atoms with E-state index in [9.17, 15) is 14.0 Å². The molecule has 138 valence electrons. The van der Waals surface area contributed by atoms with Gasteiger partial charge in [-0.2, -0.15) is 0 Å². The van der Waals surface area contributed by atoms with E-state index in [1.807, 2.05) is 20.8 Å². The van der Waals surface area contributed by atoms with Crippen LogP contribution in [0.15, 0.2) is 18.2 Å². The monoisotopic (exact) mass is 368 g/mol. The Morgan fingerprint density at radius 1 is 1.32 bits per heavy atom. The fraction of sp³-hybridized carbons (Fsp3) is 0.579. The van der Waals surface area contributed by atoms with Gasteiger partial charge >= 0.3 is 0 Å². The minimum atomic E-state index is -0.439. The molecule has 1 aromatic rings. The minimum Gasteiger partial charge on any atom is -0.356 e. The topological polar surface area (TPSA) is 49.4 Å². The third-order valence-corrected chi connectivity index (χ3v) is 4.59. The average Bonchev–Trinajstić information content (AvgIpc) is 3.34. The summed E-state index contributed by atoms with van der Waals surface area (Å²) in [5.74, 6) is -0.438. The Morgan fingerprint density at radius 3 is 2.56 bits per heavy atom. The predicted octanol–water partition coefficient (Wildman–Crippen LogP) is 3.91. The smallest absolute Gasteiger partial charge is 0.225 e. The molecule has 1 saturated carbocycles. The molecular formula is C19H26ClFN2O2. The minimum absolute atomic E-state index is 0.0215. The maximum Gasteiger partial charge on any atom is 0.225 e. The molecule has 6 heteroatoms. The Labute approximate surface area is 153 Å². The van der Waals surface area contributed by atoms with Gasteiger partial charge in [-0.1, -0.05) is 38.4 Å². The number of carbonyl (C=O) groups excluding carboxylic acids is 2. The Balaban J connectivity index is 1.88. The van der Waals surface area contributed by atoms with Gasteiger partial charge in [-0.15, -0.1) is 0 Å². The summed E-state index contributed by atoms with van der Waals surface area (Å²) in [6.07, 6.45) is 2.78. The molecule has 1 aliphatic carbocycles. The molecule has 25 heavy (non-hydrogen) atoms. The quantitative estimate of drug-likeness (QED) is 0.742. The van der Waals surface area contributed by atoms with Crippen molar-refractivity contribution >= 4 is 23.4 Å². The van der Waals surface area contributed by atoms with Gasteiger partial charge in [0.05, 0.1) is 6.54 Å². The molecule has 0 aliphatic heterocycles. The summed E-state index contributed by atoms with van der Waals surface area (Å²) < 4.78 is 14.0. The maximum atomic E-state index is 14.0. The number of nitrogens with one attached hydrogen (secondary N) is 1. The lowest BCUT2D eigenvalue weighted by atomic mass is 9.96. The lowest BCUT2D eigenvalue weighted by molar-refractivity contribution is -0.133. The molecule has 1 aliphatic rings. The van der Waals surface area contributed by atoms with Gasteiger partial charge < -0.3 is 10.2 Å². The van der Waals surface area contributed by atoms with Gasteiger partial charge in [-0.25, -0.2) is 4.39 Å². The molecule has 0 aromatic heterocycles. The molecule has 0 unspecified atom stereocenters. The summed E-state index contributed by atoms with van der Waals surface area (Å²) in [4.78, 5) is 26.1. The summed E-state index contributed by atoms with van der Waals surface area (Å²) in [7, 11) is 0. The van der Waals surface area contributed by atoms with Crippen LogP contribution in [-0.2, 0) is 16.1 Å². The highest BCUT2D eigenvalue weighted by Crippen LogP contribution is 2.31. The normalized spacial score (nSPS) is 14.3. The van der Waals surface area contributed by atoms with Gasteiger partial charge in [-0.3, -0.25) is 9.59 Å². The molecule has 0 spiro atoms. The largest absolute Gasteiger partial charge is 0.356 e. The van der Waals surface area contributed by atoms with Crippen LogP contribution >= 0.6 is 11.6 Å². The van der Waals surface area contributed by atoms with E-state index < -0.39 is 5.41 Å². The van der Waals surface area contributed by atoms with E-state index in [0.29, 0.717) is 30.0 Å². The second kappa shape index (κ2) is 8.17. The molecule has 2 rings (SSSR count). The van der Waals surface area contributed by atoms with Crippen molar-refractivity contribution in [3.63, 3.8) is 0 Å². The number of amides is 2. The Bertz CT molecular complexity index is 619. The highest BCUT2D eigenvalue weighted by atomic mass is 35.5. The molecule has 0 bridgehead atoms. The van der Waals surface area contributed by atoms with Crippen LogP contribution in [0.2, 0.25) is 5.02 Å². The van der Waals surface area contributed by atoms with E-state index in [-0.39, 0.29) is 30.2 Å². The number of hydrogen-bond donors (Lipinski definition) is 1. The van der Waals surface area contributed by atoms with Gasteiger partial charge in [0.15, 0.2) is 0 Å². The molecule has 1 aromatic carbocycles. The average molecular weight is 369 g/mol. The van der Waals surface area contributed by atoms with E-state index in [1.165, 1.54) is 6.07 Å². The molecule has 1 fully saturated rings. The van der Waals surface area contributed by atoms with Gasteiger partial charge in [0.25, 0.3) is 0 Å². The lowest BCUT2D eigenvalue weighted by Crippen LogP contribution is -2.36. The zero-order chi connectivity index (χ0) is 18.6. The highest BCUT2D eigenvalue weighted by molar-refractivity contribution is 6.31.